The van der Waals surface area contributed by atoms with Gasteiger partial charge in [-0.15, -0.1) is 0 Å². The molecular weight excluding hydrogens is 296 g/mol. The zero-order chi connectivity index (χ0) is 13.1. The zero-order valence-electron chi connectivity index (χ0n) is 10.2. The number of hydrogen-bond donors (Lipinski definition) is 0. The quantitative estimate of drug-likeness (QED) is 0.643. The second kappa shape index (κ2) is 5.40. The highest BCUT2D eigenvalue weighted by atomic mass is 79.9. The Bertz CT molecular complexity index is 593. The molecule has 0 bridgehead atoms. The van der Waals surface area contributed by atoms with Gasteiger partial charge in [-0.2, -0.15) is 0 Å². The second-order valence-corrected chi connectivity index (χ2v) is 4.35. The standard InChI is InChI=1S/C14H13BrO3/c1-17-13-11-6-4-3-5-9(11)7-10(8-15)12(13)14(16)18-2/h3-7H,8H2,1-2H3. The molecule has 4 heteroatoms. The van der Waals surface area contributed by atoms with Crippen LogP contribution in [-0.4, -0.2) is 20.2 Å². The van der Waals surface area contributed by atoms with E-state index in [0.717, 1.165) is 16.3 Å². The molecule has 0 spiro atoms. The van der Waals surface area contributed by atoms with Crippen LogP contribution in [-0.2, 0) is 10.1 Å². The van der Waals surface area contributed by atoms with Crippen LogP contribution in [0.25, 0.3) is 10.8 Å². The molecule has 0 N–H and O–H groups in total. The van der Waals surface area contributed by atoms with Gasteiger partial charge in [-0.3, -0.25) is 0 Å². The molecule has 0 amide bonds. The summed E-state index contributed by atoms with van der Waals surface area (Å²) in [7, 11) is 2.93. The van der Waals surface area contributed by atoms with Crippen LogP contribution in [0.5, 0.6) is 5.75 Å². The van der Waals surface area contributed by atoms with E-state index < -0.39 is 0 Å². The minimum atomic E-state index is -0.382. The topological polar surface area (TPSA) is 35.5 Å². The molecule has 2 aromatic carbocycles. The normalized spacial score (nSPS) is 10.4. The Hall–Kier alpha value is -1.55. The van der Waals surface area contributed by atoms with E-state index in [1.807, 2.05) is 30.3 Å². The van der Waals surface area contributed by atoms with Crippen LogP contribution >= 0.6 is 15.9 Å². The van der Waals surface area contributed by atoms with Gasteiger partial charge < -0.3 is 9.47 Å². The lowest BCUT2D eigenvalue weighted by Crippen LogP contribution is -2.08. The first-order chi connectivity index (χ1) is 8.72. The Morgan fingerprint density at radius 2 is 2.00 bits per heavy atom. The number of fused-ring (bicyclic) bond motifs is 1. The number of alkyl halides is 1. The molecule has 94 valence electrons. The molecule has 2 rings (SSSR count). The Morgan fingerprint density at radius 3 is 2.61 bits per heavy atom. The minimum Gasteiger partial charge on any atom is -0.495 e. The number of rotatable bonds is 3. The van der Waals surface area contributed by atoms with Crippen molar-refractivity contribution in [2.45, 2.75) is 5.33 Å². The number of carbonyl (C=O) groups is 1. The first-order valence-electron chi connectivity index (χ1n) is 5.45. The van der Waals surface area contributed by atoms with Crippen molar-refractivity contribution in [1.82, 2.24) is 0 Å². The molecule has 0 atom stereocenters. The monoisotopic (exact) mass is 308 g/mol. The Balaban J connectivity index is 2.84. The van der Waals surface area contributed by atoms with Gasteiger partial charge in [0.1, 0.15) is 11.3 Å². The molecule has 0 saturated carbocycles. The van der Waals surface area contributed by atoms with Crippen LogP contribution in [0.3, 0.4) is 0 Å². The minimum absolute atomic E-state index is 0.382. The number of hydrogen-bond acceptors (Lipinski definition) is 3. The Morgan fingerprint density at radius 1 is 1.28 bits per heavy atom. The maximum Gasteiger partial charge on any atom is 0.341 e. The summed E-state index contributed by atoms with van der Waals surface area (Å²) >= 11 is 3.39. The molecule has 0 saturated heterocycles. The molecule has 18 heavy (non-hydrogen) atoms. The molecule has 0 aliphatic heterocycles. The SMILES string of the molecule is COC(=O)c1c(CBr)cc2ccccc2c1OC. The molecule has 0 heterocycles. The lowest BCUT2D eigenvalue weighted by atomic mass is 10.00. The van der Waals surface area contributed by atoms with Gasteiger partial charge in [0.05, 0.1) is 14.2 Å². The molecule has 0 aliphatic rings. The van der Waals surface area contributed by atoms with Crippen LogP contribution in [0, 0.1) is 0 Å². The van der Waals surface area contributed by atoms with E-state index >= 15 is 0 Å². The molecular formula is C14H13BrO3. The first kappa shape index (κ1) is 12.9. The predicted molar refractivity (Wildman–Crippen MR) is 74.5 cm³/mol. The zero-order valence-corrected chi connectivity index (χ0v) is 11.8. The van der Waals surface area contributed by atoms with Crippen molar-refractivity contribution in [3.63, 3.8) is 0 Å². The maximum atomic E-state index is 11.9. The van der Waals surface area contributed by atoms with Crippen LogP contribution < -0.4 is 4.74 Å². The Labute approximate surface area is 114 Å². The highest BCUT2D eigenvalue weighted by Gasteiger charge is 2.20. The third-order valence-corrected chi connectivity index (χ3v) is 3.43. The molecule has 0 unspecified atom stereocenters. The van der Waals surface area contributed by atoms with Gasteiger partial charge in [0, 0.05) is 10.7 Å². The van der Waals surface area contributed by atoms with E-state index in [9.17, 15) is 4.79 Å². The van der Waals surface area contributed by atoms with Gasteiger partial charge in [0.25, 0.3) is 0 Å². The Kier molecular flexibility index (Phi) is 3.87. The van der Waals surface area contributed by atoms with E-state index in [-0.39, 0.29) is 5.97 Å². The van der Waals surface area contributed by atoms with E-state index in [2.05, 4.69) is 15.9 Å². The van der Waals surface area contributed by atoms with E-state index in [1.54, 1.807) is 7.11 Å². The summed E-state index contributed by atoms with van der Waals surface area (Å²) < 4.78 is 10.2. The van der Waals surface area contributed by atoms with Crippen molar-refractivity contribution in [2.24, 2.45) is 0 Å². The van der Waals surface area contributed by atoms with Crippen LogP contribution in [0.1, 0.15) is 15.9 Å². The molecule has 0 aliphatic carbocycles. The maximum absolute atomic E-state index is 11.9. The third kappa shape index (κ3) is 2.08. The van der Waals surface area contributed by atoms with Gasteiger partial charge in [-0.25, -0.2) is 4.79 Å². The second-order valence-electron chi connectivity index (χ2n) is 3.79. The van der Waals surface area contributed by atoms with Crippen molar-refractivity contribution in [3.05, 3.63) is 41.5 Å². The number of carbonyl (C=O) groups excluding carboxylic acids is 1. The summed E-state index contributed by atoms with van der Waals surface area (Å²) in [5, 5.41) is 2.51. The molecule has 0 aromatic heterocycles. The number of benzene rings is 2. The van der Waals surface area contributed by atoms with E-state index in [0.29, 0.717) is 16.6 Å². The number of methoxy groups -OCH3 is 2. The molecule has 3 nitrogen and oxygen atoms in total. The van der Waals surface area contributed by atoms with Crippen molar-refractivity contribution < 1.29 is 14.3 Å². The highest BCUT2D eigenvalue weighted by Crippen LogP contribution is 2.34. The van der Waals surface area contributed by atoms with E-state index in [4.69, 9.17) is 9.47 Å². The van der Waals surface area contributed by atoms with Gasteiger partial charge in [0.15, 0.2) is 0 Å². The van der Waals surface area contributed by atoms with Crippen molar-refractivity contribution >= 4 is 32.7 Å². The molecule has 0 fully saturated rings. The van der Waals surface area contributed by atoms with Crippen molar-refractivity contribution in [3.8, 4) is 5.75 Å². The fourth-order valence-electron chi connectivity index (χ4n) is 2.01. The van der Waals surface area contributed by atoms with E-state index in [1.165, 1.54) is 7.11 Å². The average molecular weight is 309 g/mol. The fourth-order valence-corrected chi connectivity index (χ4v) is 2.46. The summed E-state index contributed by atoms with van der Waals surface area (Å²) in [5.41, 5.74) is 1.34. The van der Waals surface area contributed by atoms with Crippen LogP contribution in [0.15, 0.2) is 30.3 Å². The summed E-state index contributed by atoms with van der Waals surface area (Å²) in [6.45, 7) is 0. The first-order valence-corrected chi connectivity index (χ1v) is 6.58. The van der Waals surface area contributed by atoms with Gasteiger partial charge in [-0.1, -0.05) is 40.2 Å². The summed E-state index contributed by atoms with van der Waals surface area (Å²) in [5.74, 6) is 0.182. The molecule has 2 aromatic rings. The summed E-state index contributed by atoms with van der Waals surface area (Å²) in [6, 6.07) is 9.76. The van der Waals surface area contributed by atoms with Crippen molar-refractivity contribution in [2.75, 3.05) is 14.2 Å². The lowest BCUT2D eigenvalue weighted by molar-refractivity contribution is 0.0596. The highest BCUT2D eigenvalue weighted by molar-refractivity contribution is 9.08. The van der Waals surface area contributed by atoms with Gasteiger partial charge >= 0.3 is 5.97 Å². The molecule has 0 radical (unpaired) electrons. The average Bonchev–Trinajstić information content (AvgIpc) is 2.44. The van der Waals surface area contributed by atoms with Gasteiger partial charge in [-0.05, 0) is 17.0 Å². The lowest BCUT2D eigenvalue weighted by Gasteiger charge is -2.14. The summed E-state index contributed by atoms with van der Waals surface area (Å²) in [4.78, 5) is 11.9. The number of esters is 1. The number of halogens is 1. The third-order valence-electron chi connectivity index (χ3n) is 2.82. The van der Waals surface area contributed by atoms with Crippen LogP contribution in [0.2, 0.25) is 0 Å². The van der Waals surface area contributed by atoms with Crippen molar-refractivity contribution in [1.29, 1.82) is 0 Å². The predicted octanol–water partition coefficient (Wildman–Crippen LogP) is 3.53. The van der Waals surface area contributed by atoms with Crippen LogP contribution in [0.4, 0.5) is 0 Å². The van der Waals surface area contributed by atoms with Gasteiger partial charge in [0.2, 0.25) is 0 Å². The fraction of sp³-hybridized carbons (Fsp3) is 0.214. The smallest absolute Gasteiger partial charge is 0.341 e. The summed E-state index contributed by atoms with van der Waals surface area (Å²) in [6.07, 6.45) is 0. The largest absolute Gasteiger partial charge is 0.495 e. The number of ether oxygens (including phenoxy) is 2.